The second-order valence-electron chi connectivity index (χ2n) is 11.1. The van der Waals surface area contributed by atoms with Gasteiger partial charge >= 0.3 is 0 Å². The van der Waals surface area contributed by atoms with Gasteiger partial charge in [-0.3, -0.25) is 0 Å². The van der Waals surface area contributed by atoms with Crippen molar-refractivity contribution in [3.05, 3.63) is 17.8 Å². The third-order valence-electron chi connectivity index (χ3n) is 9.15. The summed E-state index contributed by atoms with van der Waals surface area (Å²) in [5, 5.41) is 2.17. The van der Waals surface area contributed by atoms with Crippen LogP contribution in [-0.4, -0.2) is 85.4 Å². The van der Waals surface area contributed by atoms with Gasteiger partial charge in [0.25, 0.3) is 0 Å². The van der Waals surface area contributed by atoms with Crippen molar-refractivity contribution >= 4 is 61.7 Å². The fourth-order valence-electron chi connectivity index (χ4n) is 6.53. The van der Waals surface area contributed by atoms with E-state index in [2.05, 4.69) is 113 Å². The highest BCUT2D eigenvalue weighted by Crippen LogP contribution is 2.42. The smallest absolute Gasteiger partial charge is 0.172 e. The highest BCUT2D eigenvalue weighted by molar-refractivity contribution is 6.23. The average molecular weight is 602 g/mol. The van der Waals surface area contributed by atoms with Crippen LogP contribution >= 0.6 is 0 Å². The average Bonchev–Trinajstić information content (AvgIpc) is 3.04. The molecule has 44 heavy (non-hydrogen) atoms. The number of benzene rings is 2. The van der Waals surface area contributed by atoms with Crippen LogP contribution in [0.3, 0.4) is 0 Å². The molecule has 0 aliphatic rings. The van der Waals surface area contributed by atoms with Crippen molar-refractivity contribution in [3.8, 4) is 0 Å². The molecule has 2 heterocycles. The Labute approximate surface area is 265 Å². The first kappa shape index (κ1) is 33.3. The summed E-state index contributed by atoms with van der Waals surface area (Å²) in [6.45, 7) is 33.0. The van der Waals surface area contributed by atoms with Crippen LogP contribution < -0.4 is 24.5 Å². The van der Waals surface area contributed by atoms with Gasteiger partial charge in [-0.05, 0) is 88.3 Å². The molecular formula is C35H55N9. The molecule has 4 rings (SSSR count). The molecule has 0 bridgehead atoms. The van der Waals surface area contributed by atoms with E-state index in [0.717, 1.165) is 121 Å². The van der Waals surface area contributed by atoms with Crippen LogP contribution in [0.5, 0.6) is 0 Å². The van der Waals surface area contributed by atoms with Gasteiger partial charge in [0.2, 0.25) is 0 Å². The van der Waals surface area contributed by atoms with Gasteiger partial charge in [0.1, 0.15) is 16.6 Å². The maximum Gasteiger partial charge on any atom is 0.172 e. The quantitative estimate of drug-likeness (QED) is 0.131. The number of aromatic nitrogens is 4. The number of hydrogen-bond donors (Lipinski definition) is 0. The maximum absolute atomic E-state index is 5.52. The molecule has 240 valence electrons. The molecule has 2 aromatic carbocycles. The molecule has 9 nitrogen and oxygen atoms in total. The van der Waals surface area contributed by atoms with Crippen LogP contribution in [0.2, 0.25) is 0 Å². The topological polar surface area (TPSA) is 67.8 Å². The van der Waals surface area contributed by atoms with E-state index in [9.17, 15) is 0 Å². The second-order valence-corrected chi connectivity index (χ2v) is 11.1. The van der Waals surface area contributed by atoms with Gasteiger partial charge in [0, 0.05) is 76.2 Å². The minimum absolute atomic E-state index is 0.826. The third-order valence-corrected chi connectivity index (χ3v) is 9.15. The van der Waals surface area contributed by atoms with E-state index in [1.165, 1.54) is 11.4 Å². The Bertz CT molecular complexity index is 1520. The van der Waals surface area contributed by atoms with E-state index >= 15 is 0 Å². The molecule has 2 aromatic heterocycles. The van der Waals surface area contributed by atoms with Crippen LogP contribution in [0.15, 0.2) is 12.1 Å². The SMILES string of the molecule is CCN(CC)c1cc2c(cc1N(CC)CC)c1nc(N(CC)CC)c(N(CC)CC)nc1c1nc(N(CC)CC)c(C)nc21. The van der Waals surface area contributed by atoms with Crippen molar-refractivity contribution in [3.63, 3.8) is 0 Å². The van der Waals surface area contributed by atoms with Gasteiger partial charge in [-0.15, -0.1) is 0 Å². The predicted molar refractivity (Wildman–Crippen MR) is 193 cm³/mol. The summed E-state index contributed by atoms with van der Waals surface area (Å²) in [6.07, 6.45) is 0. The monoisotopic (exact) mass is 601 g/mol. The van der Waals surface area contributed by atoms with E-state index in [1.807, 2.05) is 0 Å². The molecule has 0 radical (unpaired) electrons. The largest absolute Gasteiger partial charge is 0.370 e. The Balaban J connectivity index is 2.32. The molecule has 0 amide bonds. The van der Waals surface area contributed by atoms with Crippen molar-refractivity contribution in [1.82, 2.24) is 19.9 Å². The second kappa shape index (κ2) is 14.4. The fraction of sp³-hybridized carbons (Fsp3) is 0.600. The molecule has 0 fully saturated rings. The first-order chi connectivity index (χ1) is 21.3. The van der Waals surface area contributed by atoms with Crippen molar-refractivity contribution in [2.45, 2.75) is 76.2 Å². The fourth-order valence-corrected chi connectivity index (χ4v) is 6.53. The van der Waals surface area contributed by atoms with Gasteiger partial charge in [-0.2, -0.15) is 0 Å². The van der Waals surface area contributed by atoms with Gasteiger partial charge in [-0.25, -0.2) is 19.9 Å². The first-order valence-corrected chi connectivity index (χ1v) is 17.0. The first-order valence-electron chi connectivity index (χ1n) is 17.0. The zero-order valence-electron chi connectivity index (χ0n) is 29.3. The zero-order chi connectivity index (χ0) is 32.1. The number of fused-ring (bicyclic) bond motifs is 6. The summed E-state index contributed by atoms with van der Waals surface area (Å²) in [5.74, 6) is 2.78. The molecular weight excluding hydrogens is 546 g/mol. The summed E-state index contributed by atoms with van der Waals surface area (Å²) in [5.41, 5.74) is 6.85. The number of hydrogen-bond acceptors (Lipinski definition) is 9. The Morgan fingerprint density at radius 1 is 0.386 bits per heavy atom. The van der Waals surface area contributed by atoms with Gasteiger partial charge in [0.05, 0.1) is 22.6 Å². The lowest BCUT2D eigenvalue weighted by Gasteiger charge is -2.31. The van der Waals surface area contributed by atoms with Crippen LogP contribution in [0.25, 0.3) is 32.8 Å². The molecule has 0 unspecified atom stereocenters. The zero-order valence-corrected chi connectivity index (χ0v) is 29.3. The maximum atomic E-state index is 5.52. The van der Waals surface area contributed by atoms with E-state index in [0.29, 0.717) is 0 Å². The minimum atomic E-state index is 0.826. The molecule has 4 aromatic rings. The van der Waals surface area contributed by atoms with Crippen LogP contribution in [-0.2, 0) is 0 Å². The molecule has 0 aliphatic heterocycles. The molecule has 0 spiro atoms. The minimum Gasteiger partial charge on any atom is -0.370 e. The standard InChI is InChI=1S/C35H55N9/c1-12-40(13-2)27-22-25-26(23-28(27)41(14-3)15-4)30-32(31-29(25)36-24(11)33(38-31)42(16-5)17-6)39-35(44(20-9)21-10)34(37-30)43(18-7)19-8/h22-23H,12-21H2,1-11H3. The Morgan fingerprint density at radius 3 is 1.05 bits per heavy atom. The lowest BCUT2D eigenvalue weighted by Crippen LogP contribution is -2.30. The summed E-state index contributed by atoms with van der Waals surface area (Å²) >= 11 is 0. The van der Waals surface area contributed by atoms with E-state index in [4.69, 9.17) is 19.9 Å². The van der Waals surface area contributed by atoms with Crippen molar-refractivity contribution < 1.29 is 0 Å². The molecule has 0 atom stereocenters. The number of rotatable bonds is 15. The van der Waals surface area contributed by atoms with E-state index in [-0.39, 0.29) is 0 Å². The summed E-state index contributed by atoms with van der Waals surface area (Å²) in [4.78, 5) is 33.5. The molecule has 0 saturated carbocycles. The van der Waals surface area contributed by atoms with Crippen LogP contribution in [0.4, 0.5) is 28.8 Å². The van der Waals surface area contributed by atoms with Gasteiger partial charge in [-0.1, -0.05) is 0 Å². The van der Waals surface area contributed by atoms with Crippen LogP contribution in [0, 0.1) is 6.92 Å². The van der Waals surface area contributed by atoms with Crippen molar-refractivity contribution in [1.29, 1.82) is 0 Å². The lowest BCUT2D eigenvalue weighted by molar-refractivity contribution is 0.807. The van der Waals surface area contributed by atoms with E-state index in [1.54, 1.807) is 0 Å². The van der Waals surface area contributed by atoms with Gasteiger partial charge in [0.15, 0.2) is 17.5 Å². The normalized spacial score (nSPS) is 11.5. The highest BCUT2D eigenvalue weighted by Gasteiger charge is 2.25. The summed E-state index contributed by atoms with van der Waals surface area (Å²) in [7, 11) is 0. The lowest BCUT2D eigenvalue weighted by atomic mass is 10.0. The highest BCUT2D eigenvalue weighted by atomic mass is 15.3. The number of anilines is 5. The Hall–Kier alpha value is -3.62. The van der Waals surface area contributed by atoms with Gasteiger partial charge < -0.3 is 24.5 Å². The molecule has 9 heteroatoms. The van der Waals surface area contributed by atoms with E-state index < -0.39 is 0 Å². The molecule has 0 N–H and O–H groups in total. The molecule has 0 aliphatic carbocycles. The predicted octanol–water partition coefficient (Wildman–Crippen LogP) is 7.27. The third kappa shape index (κ3) is 5.77. The van der Waals surface area contributed by atoms with Crippen molar-refractivity contribution in [2.24, 2.45) is 0 Å². The number of aryl methyl sites for hydroxylation is 1. The Morgan fingerprint density at radius 2 is 0.682 bits per heavy atom. The summed E-state index contributed by atoms with van der Waals surface area (Å²) in [6, 6.07) is 4.70. The van der Waals surface area contributed by atoms with Crippen molar-refractivity contribution in [2.75, 3.05) is 89.9 Å². The Kier molecular flexibility index (Phi) is 10.9. The molecule has 0 saturated heterocycles. The number of nitrogens with zero attached hydrogens (tertiary/aromatic N) is 9. The van der Waals surface area contributed by atoms with Crippen LogP contribution in [0.1, 0.15) is 74.9 Å². The summed E-state index contributed by atoms with van der Waals surface area (Å²) < 4.78 is 0.